The first kappa shape index (κ1) is 16.8. The summed E-state index contributed by atoms with van der Waals surface area (Å²) in [6, 6.07) is 3.91. The molecule has 1 saturated heterocycles. The van der Waals surface area contributed by atoms with Gasteiger partial charge in [0, 0.05) is 46.1 Å². The van der Waals surface area contributed by atoms with E-state index in [1.165, 1.54) is 0 Å². The van der Waals surface area contributed by atoms with E-state index in [2.05, 4.69) is 15.2 Å². The van der Waals surface area contributed by atoms with E-state index in [1.807, 2.05) is 19.2 Å². The maximum Gasteiger partial charge on any atom is 0.193 e. The molecule has 1 fully saturated rings. The van der Waals surface area contributed by atoms with Crippen molar-refractivity contribution in [3.63, 3.8) is 0 Å². The van der Waals surface area contributed by atoms with Gasteiger partial charge in [-0.3, -0.25) is 4.99 Å². The first-order chi connectivity index (χ1) is 10.8. The number of hydrogen-bond donors (Lipinski definition) is 1. The quantitative estimate of drug-likeness (QED) is 0.447. The van der Waals surface area contributed by atoms with Gasteiger partial charge < -0.3 is 24.1 Å². The largest absolute Gasteiger partial charge is 0.469 e. The van der Waals surface area contributed by atoms with Crippen LogP contribution in [0, 0.1) is 5.92 Å². The molecule has 1 aromatic heterocycles. The molecule has 124 valence electrons. The lowest BCUT2D eigenvalue weighted by Crippen LogP contribution is -2.41. The van der Waals surface area contributed by atoms with Crippen LogP contribution in [0.25, 0.3) is 0 Å². The standard InChI is InChI=1S/C16H27N3O3/c1-17-16(18-7-5-15-4-3-9-22-15)19-8-6-14(12-19)13-21-11-10-20-2/h3-4,9,14H,5-8,10-13H2,1-2H3,(H,17,18). The molecule has 2 rings (SSSR count). The summed E-state index contributed by atoms with van der Waals surface area (Å²) in [5.41, 5.74) is 0. The fraction of sp³-hybridized carbons (Fsp3) is 0.688. The zero-order valence-electron chi connectivity index (χ0n) is 13.6. The predicted molar refractivity (Wildman–Crippen MR) is 86.1 cm³/mol. The highest BCUT2D eigenvalue weighted by Crippen LogP contribution is 2.16. The van der Waals surface area contributed by atoms with Gasteiger partial charge in [-0.1, -0.05) is 0 Å². The SMILES string of the molecule is CN=C(NCCc1ccco1)N1CCC(COCCOC)C1. The highest BCUT2D eigenvalue weighted by atomic mass is 16.5. The number of guanidine groups is 1. The summed E-state index contributed by atoms with van der Waals surface area (Å²) in [4.78, 5) is 6.67. The van der Waals surface area contributed by atoms with Gasteiger partial charge in [-0.25, -0.2) is 0 Å². The van der Waals surface area contributed by atoms with Gasteiger partial charge in [0.2, 0.25) is 0 Å². The molecule has 6 heteroatoms. The number of likely N-dealkylation sites (tertiary alicyclic amines) is 1. The Morgan fingerprint density at radius 3 is 3.14 bits per heavy atom. The molecule has 1 aromatic rings. The first-order valence-corrected chi connectivity index (χ1v) is 7.88. The topological polar surface area (TPSA) is 59.2 Å². The van der Waals surface area contributed by atoms with E-state index < -0.39 is 0 Å². The minimum absolute atomic E-state index is 0.570. The molecule has 0 radical (unpaired) electrons. The van der Waals surface area contributed by atoms with Crippen molar-refractivity contribution in [3.05, 3.63) is 24.2 Å². The molecular weight excluding hydrogens is 282 g/mol. The average Bonchev–Trinajstić information content (AvgIpc) is 3.20. The van der Waals surface area contributed by atoms with E-state index in [4.69, 9.17) is 13.9 Å². The van der Waals surface area contributed by atoms with Crippen LogP contribution in [0.2, 0.25) is 0 Å². The van der Waals surface area contributed by atoms with Gasteiger partial charge in [0.05, 0.1) is 26.1 Å². The fourth-order valence-corrected chi connectivity index (χ4v) is 2.64. The van der Waals surface area contributed by atoms with Gasteiger partial charge in [0.15, 0.2) is 5.96 Å². The zero-order valence-corrected chi connectivity index (χ0v) is 13.6. The van der Waals surface area contributed by atoms with Crippen LogP contribution < -0.4 is 5.32 Å². The summed E-state index contributed by atoms with van der Waals surface area (Å²) in [5, 5.41) is 3.40. The summed E-state index contributed by atoms with van der Waals surface area (Å²) in [5.74, 6) is 2.53. The number of nitrogens with one attached hydrogen (secondary N) is 1. The first-order valence-electron chi connectivity index (χ1n) is 7.88. The third-order valence-corrected chi connectivity index (χ3v) is 3.82. The van der Waals surface area contributed by atoms with E-state index >= 15 is 0 Å². The van der Waals surface area contributed by atoms with Crippen molar-refractivity contribution in [2.24, 2.45) is 10.9 Å². The summed E-state index contributed by atoms with van der Waals surface area (Å²) in [6.45, 7) is 4.97. The Kier molecular flexibility index (Phi) is 7.25. The van der Waals surface area contributed by atoms with Gasteiger partial charge in [-0.05, 0) is 18.6 Å². The van der Waals surface area contributed by atoms with Crippen LogP contribution in [-0.4, -0.2) is 64.5 Å². The van der Waals surface area contributed by atoms with Crippen LogP contribution in [0.15, 0.2) is 27.8 Å². The minimum Gasteiger partial charge on any atom is -0.469 e. The molecule has 1 N–H and O–H groups in total. The van der Waals surface area contributed by atoms with Gasteiger partial charge in [0.1, 0.15) is 5.76 Å². The zero-order chi connectivity index (χ0) is 15.6. The molecule has 0 aliphatic carbocycles. The smallest absolute Gasteiger partial charge is 0.193 e. The Labute approximate surface area is 132 Å². The molecule has 0 amide bonds. The molecule has 1 unspecified atom stereocenters. The van der Waals surface area contributed by atoms with Crippen molar-refractivity contribution in [1.29, 1.82) is 0 Å². The molecular formula is C16H27N3O3. The van der Waals surface area contributed by atoms with E-state index in [9.17, 15) is 0 Å². The lowest BCUT2D eigenvalue weighted by Gasteiger charge is -2.21. The van der Waals surface area contributed by atoms with Crippen molar-refractivity contribution in [3.8, 4) is 0 Å². The highest BCUT2D eigenvalue weighted by molar-refractivity contribution is 5.80. The molecule has 0 saturated carbocycles. The molecule has 1 aliphatic heterocycles. The van der Waals surface area contributed by atoms with Crippen molar-refractivity contribution in [1.82, 2.24) is 10.2 Å². The molecule has 6 nitrogen and oxygen atoms in total. The number of nitrogens with zero attached hydrogens (tertiary/aromatic N) is 2. The molecule has 1 aliphatic rings. The molecule has 2 heterocycles. The van der Waals surface area contributed by atoms with Crippen molar-refractivity contribution in [2.75, 3.05) is 53.6 Å². The minimum atomic E-state index is 0.570. The third kappa shape index (κ3) is 5.35. The lowest BCUT2D eigenvalue weighted by molar-refractivity contribution is 0.0536. The van der Waals surface area contributed by atoms with Crippen molar-refractivity contribution in [2.45, 2.75) is 12.8 Å². The highest BCUT2D eigenvalue weighted by Gasteiger charge is 2.24. The average molecular weight is 309 g/mol. The van der Waals surface area contributed by atoms with Gasteiger partial charge in [-0.2, -0.15) is 0 Å². The van der Waals surface area contributed by atoms with Crippen LogP contribution in [0.1, 0.15) is 12.2 Å². The van der Waals surface area contributed by atoms with Crippen LogP contribution >= 0.6 is 0 Å². The number of rotatable bonds is 8. The van der Waals surface area contributed by atoms with E-state index in [0.717, 1.165) is 50.8 Å². The summed E-state index contributed by atoms with van der Waals surface area (Å²) in [6.07, 6.45) is 3.72. The Morgan fingerprint density at radius 2 is 2.41 bits per heavy atom. The Balaban J connectivity index is 1.66. The van der Waals surface area contributed by atoms with Crippen LogP contribution in [-0.2, 0) is 15.9 Å². The Hall–Kier alpha value is -1.53. The second-order valence-electron chi connectivity index (χ2n) is 5.47. The normalized spacial score (nSPS) is 18.9. The summed E-state index contributed by atoms with van der Waals surface area (Å²) in [7, 11) is 3.52. The van der Waals surface area contributed by atoms with Gasteiger partial charge in [-0.15, -0.1) is 0 Å². The second-order valence-corrected chi connectivity index (χ2v) is 5.47. The number of furan rings is 1. The lowest BCUT2D eigenvalue weighted by atomic mass is 10.1. The second kappa shape index (κ2) is 9.48. The maximum absolute atomic E-state index is 5.63. The number of aliphatic imine (C=N–C) groups is 1. The Morgan fingerprint density at radius 1 is 1.50 bits per heavy atom. The Bertz CT molecular complexity index is 434. The number of hydrogen-bond acceptors (Lipinski definition) is 4. The van der Waals surface area contributed by atoms with Crippen LogP contribution in [0.4, 0.5) is 0 Å². The maximum atomic E-state index is 5.63. The van der Waals surface area contributed by atoms with Crippen LogP contribution in [0.3, 0.4) is 0 Å². The monoisotopic (exact) mass is 309 g/mol. The number of methoxy groups -OCH3 is 1. The van der Waals surface area contributed by atoms with E-state index in [-0.39, 0.29) is 0 Å². The number of ether oxygens (including phenoxy) is 2. The predicted octanol–water partition coefficient (Wildman–Crippen LogP) is 1.38. The molecule has 22 heavy (non-hydrogen) atoms. The van der Waals surface area contributed by atoms with Crippen molar-refractivity contribution >= 4 is 5.96 Å². The van der Waals surface area contributed by atoms with Crippen molar-refractivity contribution < 1.29 is 13.9 Å². The third-order valence-electron chi connectivity index (χ3n) is 3.82. The molecule has 0 spiro atoms. The van der Waals surface area contributed by atoms with Gasteiger partial charge in [0.25, 0.3) is 0 Å². The van der Waals surface area contributed by atoms with E-state index in [1.54, 1.807) is 13.4 Å². The van der Waals surface area contributed by atoms with E-state index in [0.29, 0.717) is 19.1 Å². The summed E-state index contributed by atoms with van der Waals surface area (Å²) >= 11 is 0. The molecule has 1 atom stereocenters. The van der Waals surface area contributed by atoms with Gasteiger partial charge >= 0.3 is 0 Å². The summed E-state index contributed by atoms with van der Waals surface area (Å²) < 4.78 is 15.9. The molecule has 0 aromatic carbocycles. The fourth-order valence-electron chi connectivity index (χ4n) is 2.64. The molecule has 0 bridgehead atoms. The van der Waals surface area contributed by atoms with Crippen LogP contribution in [0.5, 0.6) is 0 Å².